The zero-order chi connectivity index (χ0) is 86.7. The van der Waals surface area contributed by atoms with Crippen molar-refractivity contribution < 1.29 is 0 Å². The number of aryl methyl sites for hydroxylation is 3. The normalized spacial score (nSPS) is 15.4. The van der Waals surface area contributed by atoms with Crippen LogP contribution in [-0.4, -0.2) is 0 Å². The van der Waals surface area contributed by atoms with E-state index in [1.807, 2.05) is 0 Å². The number of hydrogen-bond acceptors (Lipinski definition) is 1. The van der Waals surface area contributed by atoms with Crippen molar-refractivity contribution in [1.29, 1.82) is 0 Å². The highest BCUT2D eigenvalue weighted by atomic mass is 79.9. The summed E-state index contributed by atoms with van der Waals surface area (Å²) in [5.74, 6) is 1.79. The zero-order valence-electron chi connectivity index (χ0n) is 76.5. The molecule has 1 heterocycles. The lowest BCUT2D eigenvalue weighted by Crippen LogP contribution is -2.31. The van der Waals surface area contributed by atoms with E-state index in [1.165, 1.54) is 241 Å². The average Bonchev–Trinajstić information content (AvgIpc) is 1.48. The predicted molar refractivity (Wildman–Crippen MR) is 539 cm³/mol. The molecule has 0 unspecified atom stereocenters. The lowest BCUT2D eigenvalue weighted by molar-refractivity contribution is 0.606. The molecule has 0 spiro atoms. The van der Waals surface area contributed by atoms with Gasteiger partial charge in [0, 0.05) is 57.6 Å². The number of halogens is 2. The van der Waals surface area contributed by atoms with Crippen LogP contribution >= 0.6 is 31.9 Å². The third-order valence-electron chi connectivity index (χ3n) is 30.1. The van der Waals surface area contributed by atoms with Crippen molar-refractivity contribution >= 4 is 114 Å². The quantitative estimate of drug-likeness (QED) is 0.144. The first kappa shape index (κ1) is 82.2. The van der Waals surface area contributed by atoms with E-state index in [9.17, 15) is 0 Å². The number of anilines is 3. The smallest absolute Gasteiger partial charge is 0.0543 e. The molecule has 0 saturated carbocycles. The molecule has 1 aliphatic heterocycles. The van der Waals surface area contributed by atoms with Crippen LogP contribution in [0.2, 0.25) is 0 Å². The second-order valence-electron chi connectivity index (χ2n) is 41.0. The van der Waals surface area contributed by atoms with Crippen LogP contribution in [0, 0.1) is 20.8 Å². The molecule has 0 aromatic heterocycles. The highest BCUT2D eigenvalue weighted by Gasteiger charge is 2.45. The zero-order valence-corrected chi connectivity index (χ0v) is 79.6. The van der Waals surface area contributed by atoms with Crippen LogP contribution in [0.1, 0.15) is 279 Å². The van der Waals surface area contributed by atoms with Crippen molar-refractivity contribution in [1.82, 2.24) is 0 Å². The molecule has 0 radical (unpaired) electrons. The minimum absolute atomic E-state index is 0.0217. The molecule has 4 aliphatic carbocycles. The Morgan fingerprint density at radius 3 is 1.16 bits per heavy atom. The summed E-state index contributed by atoms with van der Waals surface area (Å²) in [4.78, 5) is 2.63. The standard InChI is InChI=1S/C47H45N.C26H28.C25H24.C22H20Br2/c1-26(2)32-22-30-20-21-40(45-33(27(3)4)23-29-19-18-28(5)42(32)43(29)44(30)45)48-39-17-13-12-16-36(39)47(8,9)38-24-34-31-14-10-11-15-35(31)46(6,7)37(34)25-41(38)48;1-17-11-7-9-13-21(17)25(3,4)23-16-20-19-12-8-10-14-22(19)26(5,6)24(20)15-18(23)2;1-24(2)20-11-7-5-9-16(20)13-17-14-23-19(15-22(17)24)18-10-6-8-12-21(18)25(23,3)4;1-11(2)15-9-13-5-8-18(24)22-16(12(3)4)10-14-6-7-17(23)21(15)19(14)20(13)22/h10-27H,1-9H3;7-16H,1-6H3;5-12,14-15H,13H2,1-4H3;5-12H,1-4H3. The van der Waals surface area contributed by atoms with E-state index >= 15 is 0 Å². The van der Waals surface area contributed by atoms with E-state index < -0.39 is 0 Å². The van der Waals surface area contributed by atoms with Crippen molar-refractivity contribution in [2.45, 2.75) is 222 Å². The second kappa shape index (κ2) is 29.4. The summed E-state index contributed by atoms with van der Waals surface area (Å²) in [5, 5.41) is 16.6. The highest BCUT2D eigenvalue weighted by molar-refractivity contribution is 9.11. The fraction of sp³-hybridized carbons (Fsp3) is 0.283. The van der Waals surface area contributed by atoms with Crippen molar-refractivity contribution in [3.8, 4) is 33.4 Å². The maximum absolute atomic E-state index is 3.81. The van der Waals surface area contributed by atoms with Gasteiger partial charge in [-0.2, -0.15) is 0 Å². The van der Waals surface area contributed by atoms with Gasteiger partial charge in [-0.05, 0) is 298 Å². The molecule has 0 saturated heterocycles. The molecule has 17 aromatic carbocycles. The number of rotatable bonds is 7. The summed E-state index contributed by atoms with van der Waals surface area (Å²) in [6.07, 6.45) is 1.05. The Labute approximate surface area is 748 Å². The van der Waals surface area contributed by atoms with Crippen molar-refractivity contribution in [3.05, 3.63) is 381 Å². The largest absolute Gasteiger partial charge is 0.309 e. The molecule has 5 aliphatic rings. The fourth-order valence-corrected chi connectivity index (χ4v) is 24.6. The molecule has 0 bridgehead atoms. The Morgan fingerprint density at radius 2 is 0.642 bits per heavy atom. The van der Waals surface area contributed by atoms with Crippen molar-refractivity contribution in [3.63, 3.8) is 0 Å². The Kier molecular flexibility index (Phi) is 19.6. The first-order chi connectivity index (χ1) is 58.4. The van der Waals surface area contributed by atoms with Gasteiger partial charge in [-0.3, -0.25) is 0 Å². The van der Waals surface area contributed by atoms with Crippen LogP contribution in [-0.2, 0) is 38.9 Å². The molecular formula is C120H117Br2N. The number of hydrogen-bond donors (Lipinski definition) is 0. The van der Waals surface area contributed by atoms with Gasteiger partial charge in [-0.15, -0.1) is 0 Å². The fourth-order valence-electron chi connectivity index (χ4n) is 23.5. The predicted octanol–water partition coefficient (Wildman–Crippen LogP) is 35.1. The number of para-hydroxylation sites is 1. The minimum atomic E-state index is -0.160. The third-order valence-corrected chi connectivity index (χ3v) is 31.4. The summed E-state index contributed by atoms with van der Waals surface area (Å²) in [7, 11) is 0. The third kappa shape index (κ3) is 12.5. The molecule has 0 N–H and O–H groups in total. The van der Waals surface area contributed by atoms with E-state index in [-0.39, 0.29) is 32.5 Å². The van der Waals surface area contributed by atoms with Crippen LogP contribution in [0.4, 0.5) is 17.1 Å². The number of nitrogens with zero attached hydrogens (tertiary/aromatic N) is 1. The van der Waals surface area contributed by atoms with Gasteiger partial charge >= 0.3 is 0 Å². The molecule has 0 fully saturated rings. The average molecular weight is 1730 g/mol. The highest BCUT2D eigenvalue weighted by Crippen LogP contribution is 2.61. The maximum Gasteiger partial charge on any atom is 0.0543 e. The summed E-state index contributed by atoms with van der Waals surface area (Å²) in [6.45, 7) is 53.8. The van der Waals surface area contributed by atoms with E-state index in [0.29, 0.717) is 23.7 Å². The van der Waals surface area contributed by atoms with E-state index in [4.69, 9.17) is 0 Å². The van der Waals surface area contributed by atoms with E-state index in [0.717, 1.165) is 6.42 Å². The Balaban J connectivity index is 0.000000114. The van der Waals surface area contributed by atoms with Crippen LogP contribution in [0.5, 0.6) is 0 Å². The molecule has 0 atom stereocenters. The summed E-state index contributed by atoms with van der Waals surface area (Å²) < 4.78 is 2.39. The molecule has 0 amide bonds. The topological polar surface area (TPSA) is 3.24 Å². The number of fused-ring (bicyclic) bond motifs is 13. The molecule has 3 heteroatoms. The van der Waals surface area contributed by atoms with Gasteiger partial charge in [0.1, 0.15) is 0 Å². The SMILES string of the molecule is CC(C)c1cc2ccc(Br)c3c(C(C)C)cc4ccc(Br)c1c4c23.CC1(C)c2ccccc2Cc2cc3c(cc21)-c1ccccc1C3(C)C.Cc1ccc2cc(C(C)C)c3c(N4c5ccccc5C(C)(C)c5cc6c(cc54)C(C)(C)c4ccccc4-6)ccc4cc(C(C)C)c1c2c43.Cc1ccccc1C(C)(C)c1cc2c(cc1C)C(C)(C)c1ccccc1-2. The second-order valence-corrected chi connectivity index (χ2v) is 42.7. The molecular weight excluding hydrogens is 1620 g/mol. The minimum Gasteiger partial charge on any atom is -0.309 e. The van der Waals surface area contributed by atoms with E-state index in [2.05, 4.69) is 451 Å². The van der Waals surface area contributed by atoms with Crippen LogP contribution in [0.15, 0.2) is 264 Å². The summed E-state index contributed by atoms with van der Waals surface area (Å²) in [6, 6.07) is 96.9. The Hall–Kier alpha value is -10.4. The summed E-state index contributed by atoms with van der Waals surface area (Å²) >= 11 is 7.63. The van der Waals surface area contributed by atoms with Gasteiger partial charge in [0.05, 0.1) is 17.1 Å². The maximum atomic E-state index is 3.81. The molecule has 22 rings (SSSR count). The molecule has 1 nitrogen and oxygen atoms in total. The molecule has 17 aromatic rings. The lowest BCUT2D eigenvalue weighted by atomic mass is 9.67. The van der Waals surface area contributed by atoms with Gasteiger partial charge in [0.2, 0.25) is 0 Å². The van der Waals surface area contributed by atoms with Crippen LogP contribution < -0.4 is 4.90 Å². The van der Waals surface area contributed by atoms with Gasteiger partial charge in [-0.25, -0.2) is 0 Å². The number of benzene rings is 17. The Bertz CT molecular complexity index is 7130. The van der Waals surface area contributed by atoms with Gasteiger partial charge in [-0.1, -0.05) is 377 Å². The van der Waals surface area contributed by atoms with Crippen molar-refractivity contribution in [2.24, 2.45) is 0 Å². The van der Waals surface area contributed by atoms with Gasteiger partial charge in [0.25, 0.3) is 0 Å². The van der Waals surface area contributed by atoms with Crippen LogP contribution in [0.25, 0.3) is 98.0 Å². The first-order valence-corrected chi connectivity index (χ1v) is 46.7. The Morgan fingerprint density at radius 1 is 0.260 bits per heavy atom. The van der Waals surface area contributed by atoms with Crippen LogP contribution in [0.3, 0.4) is 0 Å². The van der Waals surface area contributed by atoms with Gasteiger partial charge < -0.3 is 4.90 Å². The monoisotopic (exact) mass is 1730 g/mol. The van der Waals surface area contributed by atoms with Gasteiger partial charge in [0.15, 0.2) is 0 Å². The first-order valence-electron chi connectivity index (χ1n) is 45.2. The molecule has 123 heavy (non-hydrogen) atoms. The summed E-state index contributed by atoms with van der Waals surface area (Å²) in [5.41, 5.74) is 42.3. The lowest BCUT2D eigenvalue weighted by Gasteiger charge is -2.43. The van der Waals surface area contributed by atoms with E-state index in [1.54, 1.807) is 0 Å². The molecule has 616 valence electrons. The van der Waals surface area contributed by atoms with Crippen molar-refractivity contribution in [2.75, 3.05) is 4.90 Å².